The van der Waals surface area contributed by atoms with Crippen LogP contribution < -0.4 is 14.3 Å². The molecule has 26 heavy (non-hydrogen) atoms. The van der Waals surface area contributed by atoms with Gasteiger partial charge in [0.15, 0.2) is 13.5 Å². The van der Waals surface area contributed by atoms with Crippen molar-refractivity contribution in [1.82, 2.24) is 15.0 Å². The van der Waals surface area contributed by atoms with Crippen molar-refractivity contribution in [2.24, 2.45) is 15.1 Å². The second-order valence-electron chi connectivity index (χ2n) is 5.50. The number of rotatable bonds is 11. The summed E-state index contributed by atoms with van der Waals surface area (Å²) in [6.07, 6.45) is 2.46. The minimum Gasteiger partial charge on any atom is -0.440 e. The van der Waals surface area contributed by atoms with Gasteiger partial charge in [0.25, 0.3) is 0 Å². The third-order valence-electron chi connectivity index (χ3n) is 3.45. The fourth-order valence-corrected chi connectivity index (χ4v) is 1.30. The van der Waals surface area contributed by atoms with Gasteiger partial charge < -0.3 is 14.3 Å². The van der Waals surface area contributed by atoms with Crippen molar-refractivity contribution in [2.75, 3.05) is 13.5 Å². The van der Waals surface area contributed by atoms with Crippen LogP contribution in [0.5, 0.6) is 18.0 Å². The number of ether oxygens (including phenoxy) is 2. The molecule has 0 N–H and O–H groups in total. The number of oxime groups is 1. The van der Waals surface area contributed by atoms with Gasteiger partial charge in [-0.1, -0.05) is 25.9 Å². The molecule has 0 unspecified atom stereocenters. The van der Waals surface area contributed by atoms with Crippen molar-refractivity contribution >= 4 is 17.1 Å². The summed E-state index contributed by atoms with van der Waals surface area (Å²) in [6, 6.07) is 0.0987. The van der Waals surface area contributed by atoms with Crippen LogP contribution in [0.4, 0.5) is 0 Å². The fraction of sp³-hybridized carbons (Fsp3) is 0.647. The first-order valence-electron chi connectivity index (χ1n) is 8.70. The van der Waals surface area contributed by atoms with Gasteiger partial charge in [-0.05, 0) is 40.0 Å². The Morgan fingerprint density at radius 3 is 1.54 bits per heavy atom. The van der Waals surface area contributed by atoms with Crippen LogP contribution in [0.15, 0.2) is 15.1 Å². The zero-order valence-electron chi connectivity index (χ0n) is 16.4. The number of hydrogen-bond acceptors (Lipinski definition) is 9. The smallest absolute Gasteiger partial charge is 0.354 e. The van der Waals surface area contributed by atoms with Crippen LogP contribution in [0.3, 0.4) is 0 Å². The van der Waals surface area contributed by atoms with Crippen molar-refractivity contribution in [3.63, 3.8) is 0 Å². The Balaban J connectivity index is 2.90. The van der Waals surface area contributed by atoms with Gasteiger partial charge in [-0.3, -0.25) is 9.98 Å². The highest BCUT2D eigenvalue weighted by Crippen LogP contribution is 2.15. The van der Waals surface area contributed by atoms with Crippen LogP contribution >= 0.6 is 0 Å². The maximum atomic E-state index is 5.45. The van der Waals surface area contributed by atoms with Crippen molar-refractivity contribution in [3.8, 4) is 18.0 Å². The molecule has 9 heteroatoms. The molecule has 0 fully saturated rings. The van der Waals surface area contributed by atoms with E-state index < -0.39 is 0 Å². The summed E-state index contributed by atoms with van der Waals surface area (Å²) in [6.45, 7) is 11.9. The van der Waals surface area contributed by atoms with Gasteiger partial charge in [0.2, 0.25) is 0 Å². The van der Waals surface area contributed by atoms with Gasteiger partial charge in [-0.25, -0.2) is 0 Å². The van der Waals surface area contributed by atoms with Crippen LogP contribution in [0.25, 0.3) is 0 Å². The molecule has 9 nitrogen and oxygen atoms in total. The molecule has 0 aliphatic carbocycles. The van der Waals surface area contributed by atoms with E-state index >= 15 is 0 Å². The van der Waals surface area contributed by atoms with E-state index in [4.69, 9.17) is 14.3 Å². The summed E-state index contributed by atoms with van der Waals surface area (Å²) in [5.41, 5.74) is 2.75. The normalized spacial score (nSPS) is 12.9. The summed E-state index contributed by atoms with van der Waals surface area (Å²) in [5.74, 6) is 0. The van der Waals surface area contributed by atoms with Crippen LogP contribution in [-0.2, 0) is 0 Å². The highest BCUT2D eigenvalue weighted by atomic mass is 16.6. The molecule has 0 radical (unpaired) electrons. The minimum absolute atomic E-state index is 0.00909. The standard InChI is InChI=1S/C17H28N6O3/c1-7-12(4)18-10-24-15-20-16(25-11-19-13(5)8-2)22-17(21-15)26-23-14(6)9-3/h7-11H2,1-6H3/b18-12?,19-13?,23-14+. The lowest BCUT2D eigenvalue weighted by atomic mass is 10.3. The van der Waals surface area contributed by atoms with Crippen LogP contribution in [0, 0.1) is 0 Å². The molecule has 1 heterocycles. The SMILES string of the molecule is CCC(C)=NCOc1nc(OCN=C(C)CC)nc(O/N=C(\C)CC)n1. The lowest BCUT2D eigenvalue weighted by Crippen LogP contribution is -2.08. The Labute approximate surface area is 154 Å². The molecule has 144 valence electrons. The van der Waals surface area contributed by atoms with Crippen LogP contribution in [-0.4, -0.2) is 45.5 Å². The quantitative estimate of drug-likeness (QED) is 0.440. The first-order chi connectivity index (χ1) is 12.5. The molecule has 0 bridgehead atoms. The molecular formula is C17H28N6O3. The van der Waals surface area contributed by atoms with Gasteiger partial charge in [-0.2, -0.15) is 0 Å². The molecule has 0 saturated heterocycles. The van der Waals surface area contributed by atoms with E-state index in [2.05, 4.69) is 30.1 Å². The molecule has 0 aliphatic rings. The topological polar surface area (TPSA) is 103 Å². The lowest BCUT2D eigenvalue weighted by molar-refractivity contribution is 0.246. The first kappa shape index (κ1) is 21.5. The third kappa shape index (κ3) is 8.50. The van der Waals surface area contributed by atoms with E-state index in [9.17, 15) is 0 Å². The molecular weight excluding hydrogens is 336 g/mol. The number of nitrogens with zero attached hydrogens (tertiary/aromatic N) is 6. The molecule has 0 aliphatic heterocycles. The molecule has 0 saturated carbocycles. The molecule has 0 aromatic carbocycles. The summed E-state index contributed by atoms with van der Waals surface area (Å²) < 4.78 is 10.9. The average molecular weight is 364 g/mol. The summed E-state index contributed by atoms with van der Waals surface area (Å²) in [4.78, 5) is 25.9. The van der Waals surface area contributed by atoms with E-state index in [1.165, 1.54) is 0 Å². The van der Waals surface area contributed by atoms with Crippen molar-refractivity contribution in [1.29, 1.82) is 0 Å². The van der Waals surface area contributed by atoms with E-state index in [1.54, 1.807) is 0 Å². The largest absolute Gasteiger partial charge is 0.440 e. The van der Waals surface area contributed by atoms with Gasteiger partial charge in [-0.15, -0.1) is 15.0 Å². The molecule has 0 amide bonds. The summed E-state index contributed by atoms with van der Waals surface area (Å²) >= 11 is 0. The summed E-state index contributed by atoms with van der Waals surface area (Å²) in [5, 5.41) is 3.94. The fourth-order valence-electron chi connectivity index (χ4n) is 1.30. The van der Waals surface area contributed by atoms with Crippen LogP contribution in [0.1, 0.15) is 60.8 Å². The average Bonchev–Trinajstić information content (AvgIpc) is 2.65. The third-order valence-corrected chi connectivity index (χ3v) is 3.45. The molecule has 1 aromatic heterocycles. The zero-order valence-corrected chi connectivity index (χ0v) is 16.4. The predicted octanol–water partition coefficient (Wildman–Crippen LogP) is 3.45. The Morgan fingerprint density at radius 2 is 1.12 bits per heavy atom. The van der Waals surface area contributed by atoms with Gasteiger partial charge >= 0.3 is 18.0 Å². The van der Waals surface area contributed by atoms with Gasteiger partial charge in [0.1, 0.15) is 0 Å². The number of aromatic nitrogens is 3. The lowest BCUT2D eigenvalue weighted by Gasteiger charge is -2.07. The Bertz CT molecular complexity index is 616. The van der Waals surface area contributed by atoms with Gasteiger partial charge in [0, 0.05) is 11.4 Å². The van der Waals surface area contributed by atoms with E-state index in [0.717, 1.165) is 36.4 Å². The minimum atomic E-state index is -0.00909. The van der Waals surface area contributed by atoms with Gasteiger partial charge in [0.05, 0.1) is 5.71 Å². The monoisotopic (exact) mass is 364 g/mol. The summed E-state index contributed by atoms with van der Waals surface area (Å²) in [7, 11) is 0. The highest BCUT2D eigenvalue weighted by Gasteiger charge is 2.10. The maximum Gasteiger partial charge on any atom is 0.354 e. The Morgan fingerprint density at radius 1 is 0.692 bits per heavy atom. The number of hydrogen-bond donors (Lipinski definition) is 0. The van der Waals surface area contributed by atoms with E-state index in [0.29, 0.717) is 0 Å². The Hall–Kier alpha value is -2.58. The first-order valence-corrected chi connectivity index (χ1v) is 8.70. The van der Waals surface area contributed by atoms with E-state index in [1.807, 2.05) is 41.5 Å². The Kier molecular flexibility index (Phi) is 9.81. The molecule has 1 rings (SSSR count). The predicted molar refractivity (Wildman–Crippen MR) is 102 cm³/mol. The molecule has 1 aromatic rings. The zero-order chi connectivity index (χ0) is 19.4. The van der Waals surface area contributed by atoms with Crippen molar-refractivity contribution in [3.05, 3.63) is 0 Å². The van der Waals surface area contributed by atoms with Crippen LogP contribution in [0.2, 0.25) is 0 Å². The molecule has 0 atom stereocenters. The maximum absolute atomic E-state index is 5.45. The molecule has 0 spiro atoms. The van der Waals surface area contributed by atoms with E-state index in [-0.39, 0.29) is 31.5 Å². The second-order valence-corrected chi connectivity index (χ2v) is 5.50. The number of aliphatic imine (C=N–C) groups is 2. The highest BCUT2D eigenvalue weighted by molar-refractivity contribution is 5.82. The van der Waals surface area contributed by atoms with Crippen molar-refractivity contribution < 1.29 is 14.3 Å². The second kappa shape index (κ2) is 11.9. The van der Waals surface area contributed by atoms with Crippen molar-refractivity contribution in [2.45, 2.75) is 60.8 Å².